The minimum Gasteiger partial charge on any atom is -0.406 e. The first-order valence-electron chi connectivity index (χ1n) is 9.40. The van der Waals surface area contributed by atoms with Gasteiger partial charge in [-0.15, -0.1) is 26.3 Å². The predicted molar refractivity (Wildman–Crippen MR) is 114 cm³/mol. The van der Waals surface area contributed by atoms with E-state index >= 15 is 0 Å². The summed E-state index contributed by atoms with van der Waals surface area (Å²) >= 11 is 0. The van der Waals surface area contributed by atoms with Gasteiger partial charge >= 0.3 is 12.7 Å². The number of para-hydroxylation sites is 2. The third kappa shape index (κ3) is 7.42. The molecule has 0 bridgehead atoms. The van der Waals surface area contributed by atoms with E-state index in [1.165, 1.54) is 24.3 Å². The number of halogens is 6. The second-order valence-electron chi connectivity index (χ2n) is 6.79. The Morgan fingerprint density at radius 3 is 1.11 bits per heavy atom. The molecular formula is C20H14F6N2O6S2. The number of anilines is 2. The summed E-state index contributed by atoms with van der Waals surface area (Å²) in [6.07, 6.45) is -9.94. The number of alkyl halides is 6. The summed E-state index contributed by atoms with van der Waals surface area (Å²) in [7, 11) is -8.77. The minimum absolute atomic E-state index is 0.242. The van der Waals surface area contributed by atoms with Gasteiger partial charge in [0.05, 0.1) is 21.2 Å². The molecule has 0 fully saturated rings. The van der Waals surface area contributed by atoms with E-state index in [1.807, 2.05) is 0 Å². The van der Waals surface area contributed by atoms with E-state index in [1.54, 1.807) is 0 Å². The fraction of sp³-hybridized carbons (Fsp3) is 0.100. The number of hydrogen-bond donors (Lipinski definition) is 2. The average Bonchev–Trinajstić information content (AvgIpc) is 2.73. The second-order valence-corrected chi connectivity index (χ2v) is 10.2. The molecule has 0 saturated carbocycles. The Morgan fingerprint density at radius 1 is 0.528 bits per heavy atom. The van der Waals surface area contributed by atoms with Gasteiger partial charge in [-0.25, -0.2) is 16.8 Å². The van der Waals surface area contributed by atoms with Crippen LogP contribution >= 0.6 is 0 Å². The predicted octanol–water partition coefficient (Wildman–Crippen LogP) is 5.09. The molecule has 0 aliphatic rings. The van der Waals surface area contributed by atoms with Crippen LogP contribution in [0.4, 0.5) is 37.7 Å². The Bertz CT molecular complexity index is 1310. The van der Waals surface area contributed by atoms with Gasteiger partial charge in [0, 0.05) is 0 Å². The molecule has 0 aliphatic carbocycles. The summed E-state index contributed by atoms with van der Waals surface area (Å²) in [6, 6.07) is 11.7. The molecule has 0 unspecified atom stereocenters. The van der Waals surface area contributed by atoms with E-state index in [9.17, 15) is 43.2 Å². The van der Waals surface area contributed by atoms with Gasteiger partial charge in [-0.1, -0.05) is 12.1 Å². The Labute approximate surface area is 200 Å². The van der Waals surface area contributed by atoms with Crippen molar-refractivity contribution in [3.63, 3.8) is 0 Å². The van der Waals surface area contributed by atoms with E-state index in [0.29, 0.717) is 0 Å². The van der Waals surface area contributed by atoms with Gasteiger partial charge in [-0.05, 0) is 60.7 Å². The van der Waals surface area contributed by atoms with Crippen LogP contribution < -0.4 is 18.9 Å². The van der Waals surface area contributed by atoms with Gasteiger partial charge in [-0.3, -0.25) is 9.44 Å². The Balaban J connectivity index is 1.81. The fourth-order valence-corrected chi connectivity index (χ4v) is 4.87. The molecule has 36 heavy (non-hydrogen) atoms. The third-order valence-corrected chi connectivity index (χ3v) is 6.91. The first kappa shape index (κ1) is 26.9. The van der Waals surface area contributed by atoms with E-state index in [4.69, 9.17) is 0 Å². The topological polar surface area (TPSA) is 111 Å². The highest BCUT2D eigenvalue weighted by atomic mass is 32.2. The zero-order chi connectivity index (χ0) is 26.8. The van der Waals surface area contributed by atoms with Crippen molar-refractivity contribution in [1.29, 1.82) is 0 Å². The zero-order valence-corrected chi connectivity index (χ0v) is 19.1. The van der Waals surface area contributed by atoms with Crippen LogP contribution in [0.15, 0.2) is 82.6 Å². The molecule has 0 amide bonds. The fourth-order valence-electron chi connectivity index (χ4n) is 2.71. The van der Waals surface area contributed by atoms with Crippen molar-refractivity contribution in [1.82, 2.24) is 0 Å². The number of sulfonamides is 2. The van der Waals surface area contributed by atoms with Crippen molar-refractivity contribution in [3.05, 3.63) is 72.8 Å². The average molecular weight is 556 g/mol. The van der Waals surface area contributed by atoms with Gasteiger partial charge < -0.3 is 9.47 Å². The molecule has 3 rings (SSSR count). The molecular weight excluding hydrogens is 542 g/mol. The molecule has 194 valence electrons. The lowest BCUT2D eigenvalue weighted by Gasteiger charge is -2.15. The first-order valence-corrected chi connectivity index (χ1v) is 12.4. The number of benzene rings is 3. The maximum atomic E-state index is 12.7. The van der Waals surface area contributed by atoms with Gasteiger partial charge in [0.15, 0.2) is 0 Å². The van der Waals surface area contributed by atoms with Gasteiger partial charge in [0.1, 0.15) is 11.5 Å². The quantitative estimate of drug-likeness (QED) is 0.374. The number of ether oxygens (including phenoxy) is 2. The molecule has 0 aliphatic heterocycles. The van der Waals surface area contributed by atoms with E-state index in [2.05, 4.69) is 18.9 Å². The highest BCUT2D eigenvalue weighted by Crippen LogP contribution is 2.29. The number of rotatable bonds is 8. The van der Waals surface area contributed by atoms with Gasteiger partial charge in [0.2, 0.25) is 0 Å². The van der Waals surface area contributed by atoms with Crippen molar-refractivity contribution in [2.45, 2.75) is 22.5 Å². The smallest absolute Gasteiger partial charge is 0.406 e. The van der Waals surface area contributed by atoms with Crippen molar-refractivity contribution in [2.24, 2.45) is 0 Å². The highest BCUT2D eigenvalue weighted by molar-refractivity contribution is 7.93. The molecule has 0 atom stereocenters. The Morgan fingerprint density at radius 2 is 0.833 bits per heavy atom. The molecule has 0 spiro atoms. The summed E-state index contributed by atoms with van der Waals surface area (Å²) < 4.78 is 136. The maximum absolute atomic E-state index is 12.7. The summed E-state index contributed by atoms with van der Waals surface area (Å²) in [4.78, 5) is -0.898. The molecule has 0 saturated heterocycles. The van der Waals surface area contributed by atoms with E-state index in [0.717, 1.165) is 48.5 Å². The molecule has 0 radical (unpaired) electrons. The normalized spacial score (nSPS) is 12.6. The summed E-state index contributed by atoms with van der Waals surface area (Å²) in [5, 5.41) is 0. The van der Waals surface area contributed by atoms with Crippen LogP contribution in [-0.2, 0) is 20.0 Å². The van der Waals surface area contributed by atoms with E-state index < -0.39 is 54.1 Å². The van der Waals surface area contributed by atoms with Crippen molar-refractivity contribution in [3.8, 4) is 11.5 Å². The monoisotopic (exact) mass is 556 g/mol. The standard InChI is InChI=1S/C20H14F6N2O6S2/c21-19(22,23)33-13-5-9-15(10-6-13)35(29,30)27-17-3-1-2-4-18(17)28-36(31,32)16-11-7-14(8-12-16)34-20(24,25)26/h1-12,27-28H. The number of nitrogens with one attached hydrogen (secondary N) is 2. The Hall–Kier alpha value is -3.66. The summed E-state index contributed by atoms with van der Waals surface area (Å²) in [6.45, 7) is 0. The molecule has 0 aromatic heterocycles. The molecule has 3 aromatic rings. The van der Waals surface area contributed by atoms with Crippen LogP contribution in [0.3, 0.4) is 0 Å². The van der Waals surface area contributed by atoms with Crippen molar-refractivity contribution < 1.29 is 52.7 Å². The van der Waals surface area contributed by atoms with E-state index in [-0.39, 0.29) is 11.4 Å². The lowest BCUT2D eigenvalue weighted by molar-refractivity contribution is -0.275. The van der Waals surface area contributed by atoms with Crippen molar-refractivity contribution >= 4 is 31.4 Å². The Kier molecular flexibility index (Phi) is 7.31. The van der Waals surface area contributed by atoms with Gasteiger partial charge in [0.25, 0.3) is 20.0 Å². The molecule has 3 aromatic carbocycles. The largest absolute Gasteiger partial charge is 0.573 e. The molecule has 2 N–H and O–H groups in total. The van der Waals surface area contributed by atoms with Crippen molar-refractivity contribution in [2.75, 3.05) is 9.44 Å². The molecule has 0 heterocycles. The summed E-state index contributed by atoms with van der Waals surface area (Å²) in [5.41, 5.74) is -0.484. The highest BCUT2D eigenvalue weighted by Gasteiger charge is 2.32. The van der Waals surface area contributed by atoms with Crippen LogP contribution in [0.5, 0.6) is 11.5 Å². The minimum atomic E-state index is -4.97. The van der Waals surface area contributed by atoms with Crippen LogP contribution in [0.25, 0.3) is 0 Å². The zero-order valence-electron chi connectivity index (χ0n) is 17.5. The number of hydrogen-bond acceptors (Lipinski definition) is 6. The second kappa shape index (κ2) is 9.77. The third-order valence-electron chi connectivity index (χ3n) is 4.15. The van der Waals surface area contributed by atoms with Gasteiger partial charge in [-0.2, -0.15) is 0 Å². The lowest BCUT2D eigenvalue weighted by Crippen LogP contribution is -2.19. The molecule has 16 heteroatoms. The molecule has 8 nitrogen and oxygen atoms in total. The lowest BCUT2D eigenvalue weighted by atomic mass is 10.3. The first-order chi connectivity index (χ1) is 16.5. The van der Waals surface area contributed by atoms with Crippen LogP contribution in [0.1, 0.15) is 0 Å². The maximum Gasteiger partial charge on any atom is 0.573 e. The van der Waals surface area contributed by atoms with Crippen LogP contribution in [0.2, 0.25) is 0 Å². The van der Waals surface area contributed by atoms with Crippen LogP contribution in [0, 0.1) is 0 Å². The summed E-state index contributed by atoms with van der Waals surface area (Å²) in [5.74, 6) is -1.30. The van der Waals surface area contributed by atoms with Crippen LogP contribution in [-0.4, -0.2) is 29.6 Å². The SMILES string of the molecule is O=S(=O)(Nc1ccccc1NS(=O)(=O)c1ccc(OC(F)(F)F)cc1)c1ccc(OC(F)(F)F)cc1.